The first-order chi connectivity index (χ1) is 14.2. The average Bonchev–Trinajstić information content (AvgIpc) is 3.10. The van der Waals surface area contributed by atoms with Crippen molar-refractivity contribution in [2.75, 3.05) is 5.32 Å². The van der Waals surface area contributed by atoms with E-state index in [-0.39, 0.29) is 17.7 Å². The van der Waals surface area contributed by atoms with Crippen LogP contribution in [0.5, 0.6) is 0 Å². The van der Waals surface area contributed by atoms with Gasteiger partial charge < -0.3 is 10.1 Å². The molecule has 1 amide bonds. The number of benzene rings is 1. The zero-order chi connectivity index (χ0) is 22.0. The van der Waals surface area contributed by atoms with Gasteiger partial charge in [-0.1, -0.05) is 0 Å². The van der Waals surface area contributed by atoms with Gasteiger partial charge in [-0.2, -0.15) is 5.10 Å². The molecule has 0 spiro atoms. The fraction of sp³-hybridized carbons (Fsp3) is 0.318. The highest BCUT2D eigenvalue weighted by atomic mass is 16.5. The van der Waals surface area contributed by atoms with E-state index in [1.165, 1.54) is 13.8 Å². The van der Waals surface area contributed by atoms with Crippen molar-refractivity contribution in [1.29, 1.82) is 0 Å². The summed E-state index contributed by atoms with van der Waals surface area (Å²) in [6.45, 7) is 8.69. The molecule has 1 unspecified atom stereocenters. The molecule has 0 radical (unpaired) electrons. The number of hydrogen-bond acceptors (Lipinski definition) is 6. The van der Waals surface area contributed by atoms with Gasteiger partial charge in [-0.15, -0.1) is 0 Å². The minimum Gasteiger partial charge on any atom is -0.451 e. The third-order valence-corrected chi connectivity index (χ3v) is 4.55. The Hall–Kier alpha value is -3.55. The van der Waals surface area contributed by atoms with Crippen molar-refractivity contribution in [1.82, 2.24) is 14.8 Å². The van der Waals surface area contributed by atoms with Crippen LogP contribution in [-0.2, 0) is 9.53 Å². The summed E-state index contributed by atoms with van der Waals surface area (Å²) in [4.78, 5) is 41.1. The number of esters is 1. The summed E-state index contributed by atoms with van der Waals surface area (Å²) in [7, 11) is 0. The molecule has 156 valence electrons. The fourth-order valence-corrected chi connectivity index (χ4v) is 3.12. The molecule has 3 aromatic rings. The number of ether oxygens (including phenoxy) is 1. The standard InChI is InChI=1S/C22H24N4O4/c1-12(2)26-21-19(11-23-26)18(10-13(3)24-21)22(29)30-14(4)20(28)16-6-8-17(9-7-16)25-15(5)27/h6-12,14H,1-5H3,(H,25,27). The number of rotatable bonds is 6. The van der Waals surface area contributed by atoms with Crippen molar-refractivity contribution in [3.8, 4) is 0 Å². The van der Waals surface area contributed by atoms with Gasteiger partial charge in [0.25, 0.3) is 0 Å². The second-order valence-electron chi connectivity index (χ2n) is 7.40. The first-order valence-electron chi connectivity index (χ1n) is 9.65. The van der Waals surface area contributed by atoms with Gasteiger partial charge in [-0.3, -0.25) is 9.59 Å². The maximum Gasteiger partial charge on any atom is 0.339 e. The number of fused-ring (bicyclic) bond motifs is 1. The van der Waals surface area contributed by atoms with Crippen LogP contribution in [0.1, 0.15) is 60.1 Å². The van der Waals surface area contributed by atoms with Gasteiger partial charge in [0, 0.05) is 29.9 Å². The van der Waals surface area contributed by atoms with Gasteiger partial charge in [-0.25, -0.2) is 14.5 Å². The number of hydrogen-bond donors (Lipinski definition) is 1. The fourth-order valence-electron chi connectivity index (χ4n) is 3.12. The Balaban J connectivity index is 1.80. The third kappa shape index (κ3) is 4.37. The number of aromatic nitrogens is 3. The van der Waals surface area contributed by atoms with Crippen molar-refractivity contribution < 1.29 is 19.1 Å². The van der Waals surface area contributed by atoms with Crippen LogP contribution in [0.3, 0.4) is 0 Å². The van der Waals surface area contributed by atoms with Crippen LogP contribution < -0.4 is 5.32 Å². The highest BCUT2D eigenvalue weighted by Gasteiger charge is 2.23. The number of nitrogens with zero attached hydrogens (tertiary/aromatic N) is 3. The highest BCUT2D eigenvalue weighted by Crippen LogP contribution is 2.22. The zero-order valence-corrected chi connectivity index (χ0v) is 17.6. The highest BCUT2D eigenvalue weighted by molar-refractivity contribution is 6.05. The van der Waals surface area contributed by atoms with E-state index in [9.17, 15) is 14.4 Å². The average molecular weight is 408 g/mol. The van der Waals surface area contributed by atoms with Crippen molar-refractivity contribution >= 4 is 34.4 Å². The smallest absolute Gasteiger partial charge is 0.339 e. The quantitative estimate of drug-likeness (QED) is 0.493. The number of anilines is 1. The lowest BCUT2D eigenvalue weighted by molar-refractivity contribution is -0.114. The number of carbonyl (C=O) groups is 3. The normalized spacial score (nSPS) is 12.1. The van der Waals surface area contributed by atoms with Gasteiger partial charge >= 0.3 is 5.97 Å². The number of Topliss-reactive ketones (excluding diaryl/α,β-unsaturated/α-hetero) is 1. The Bertz CT molecular complexity index is 1120. The number of aryl methyl sites for hydroxylation is 1. The third-order valence-electron chi connectivity index (χ3n) is 4.55. The molecule has 0 aliphatic carbocycles. The van der Waals surface area contributed by atoms with Gasteiger partial charge in [0.05, 0.1) is 17.1 Å². The monoisotopic (exact) mass is 408 g/mol. The largest absolute Gasteiger partial charge is 0.451 e. The SMILES string of the molecule is CC(=O)Nc1ccc(C(=O)C(C)OC(=O)c2cc(C)nc3c2cnn3C(C)C)cc1. The topological polar surface area (TPSA) is 103 Å². The van der Waals surface area contributed by atoms with Crippen LogP contribution in [0.2, 0.25) is 0 Å². The van der Waals surface area contributed by atoms with Crippen LogP contribution in [0, 0.1) is 6.92 Å². The molecule has 30 heavy (non-hydrogen) atoms. The molecule has 0 saturated heterocycles. The molecule has 2 aromatic heterocycles. The van der Waals surface area contributed by atoms with Gasteiger partial charge in [0.15, 0.2) is 11.8 Å². The Labute approximate surface area is 174 Å². The maximum absolute atomic E-state index is 12.8. The molecule has 0 aliphatic heterocycles. The van der Waals surface area contributed by atoms with Crippen molar-refractivity contribution in [2.24, 2.45) is 0 Å². The first-order valence-corrected chi connectivity index (χ1v) is 9.65. The van der Waals surface area contributed by atoms with Gasteiger partial charge in [0.1, 0.15) is 0 Å². The number of amides is 1. The van der Waals surface area contributed by atoms with Crippen molar-refractivity contribution in [3.05, 3.63) is 53.3 Å². The number of ketones is 1. The molecule has 0 bridgehead atoms. The van der Waals surface area contributed by atoms with E-state index in [4.69, 9.17) is 4.74 Å². The predicted molar refractivity (Wildman–Crippen MR) is 113 cm³/mol. The van der Waals surface area contributed by atoms with Crippen molar-refractivity contribution in [2.45, 2.75) is 46.8 Å². The van der Waals surface area contributed by atoms with E-state index in [1.54, 1.807) is 48.1 Å². The summed E-state index contributed by atoms with van der Waals surface area (Å²) in [5, 5.41) is 7.54. The molecule has 1 aromatic carbocycles. The lowest BCUT2D eigenvalue weighted by Crippen LogP contribution is -2.24. The Morgan fingerprint density at radius 3 is 2.37 bits per heavy atom. The maximum atomic E-state index is 12.8. The minimum atomic E-state index is -0.979. The minimum absolute atomic E-state index is 0.0848. The van der Waals surface area contributed by atoms with E-state index >= 15 is 0 Å². The van der Waals surface area contributed by atoms with E-state index in [0.717, 1.165) is 0 Å². The van der Waals surface area contributed by atoms with E-state index in [0.29, 0.717) is 33.5 Å². The molecule has 1 N–H and O–H groups in total. The summed E-state index contributed by atoms with van der Waals surface area (Å²) in [6.07, 6.45) is 0.610. The number of pyridine rings is 1. The summed E-state index contributed by atoms with van der Waals surface area (Å²) >= 11 is 0. The Kier molecular flexibility index (Phi) is 5.96. The van der Waals surface area contributed by atoms with E-state index in [1.807, 2.05) is 13.8 Å². The lowest BCUT2D eigenvalue weighted by atomic mass is 10.1. The van der Waals surface area contributed by atoms with E-state index in [2.05, 4.69) is 15.4 Å². The summed E-state index contributed by atoms with van der Waals surface area (Å²) in [5.74, 6) is -1.14. The Morgan fingerprint density at radius 2 is 1.77 bits per heavy atom. The molecule has 0 saturated carbocycles. The molecular formula is C22H24N4O4. The van der Waals surface area contributed by atoms with Crippen LogP contribution in [0.25, 0.3) is 11.0 Å². The lowest BCUT2D eigenvalue weighted by Gasteiger charge is -2.14. The first kappa shape index (κ1) is 21.2. The summed E-state index contributed by atoms with van der Waals surface area (Å²) in [6, 6.07) is 8.13. The molecule has 2 heterocycles. The van der Waals surface area contributed by atoms with Crippen LogP contribution in [-0.4, -0.2) is 38.5 Å². The van der Waals surface area contributed by atoms with Crippen LogP contribution in [0.4, 0.5) is 5.69 Å². The molecular weight excluding hydrogens is 384 g/mol. The Morgan fingerprint density at radius 1 is 1.10 bits per heavy atom. The number of carbonyl (C=O) groups excluding carboxylic acids is 3. The van der Waals surface area contributed by atoms with Gasteiger partial charge in [-0.05, 0) is 58.0 Å². The summed E-state index contributed by atoms with van der Waals surface area (Å²) < 4.78 is 7.20. The molecule has 0 aliphatic rings. The van der Waals surface area contributed by atoms with Crippen LogP contribution in [0.15, 0.2) is 36.5 Å². The molecule has 8 nitrogen and oxygen atoms in total. The summed E-state index contributed by atoms with van der Waals surface area (Å²) in [5.41, 5.74) is 2.55. The zero-order valence-electron chi connectivity index (χ0n) is 17.6. The molecule has 1 atom stereocenters. The van der Waals surface area contributed by atoms with Crippen LogP contribution >= 0.6 is 0 Å². The second kappa shape index (κ2) is 8.44. The molecule has 0 fully saturated rings. The molecule has 8 heteroatoms. The molecule has 3 rings (SSSR count). The van der Waals surface area contributed by atoms with Crippen molar-refractivity contribution in [3.63, 3.8) is 0 Å². The number of nitrogens with one attached hydrogen (secondary N) is 1. The van der Waals surface area contributed by atoms with Gasteiger partial charge in [0.2, 0.25) is 11.7 Å². The van der Waals surface area contributed by atoms with E-state index < -0.39 is 12.1 Å². The second-order valence-corrected chi connectivity index (χ2v) is 7.40. The predicted octanol–water partition coefficient (Wildman–Crippen LogP) is 3.71.